The number of carbonyl (C=O) groups is 1. The maximum Gasteiger partial charge on any atom is 0.335 e. The Balaban J connectivity index is 0.000000477. The summed E-state index contributed by atoms with van der Waals surface area (Å²) in [5.74, 6) is -0.984. The van der Waals surface area contributed by atoms with Gasteiger partial charge in [-0.05, 0) is 37.5 Å². The number of aliphatic carboxylic acids is 1. The average Bonchev–Trinajstić information content (AvgIpc) is 2.59. The highest BCUT2D eigenvalue weighted by molar-refractivity contribution is 6.14. The molecule has 1 aromatic rings. The molecule has 25 heavy (non-hydrogen) atoms. The molecule has 0 aliphatic heterocycles. The predicted octanol–water partition coefficient (Wildman–Crippen LogP) is 4.89. The number of rotatable bonds is 10. The molecule has 6 nitrogen and oxygen atoms in total. The van der Waals surface area contributed by atoms with Crippen molar-refractivity contribution in [3.05, 3.63) is 41.3 Å². The lowest BCUT2D eigenvalue weighted by Crippen LogP contribution is -2.08. The van der Waals surface area contributed by atoms with Crippen LogP contribution in [0, 0.1) is 4.91 Å². The van der Waals surface area contributed by atoms with E-state index in [-0.39, 0.29) is 11.7 Å². The fourth-order valence-corrected chi connectivity index (χ4v) is 2.07. The van der Waals surface area contributed by atoms with E-state index < -0.39 is 5.97 Å². The highest BCUT2D eigenvalue weighted by Crippen LogP contribution is 2.17. The zero-order chi connectivity index (χ0) is 19.2. The summed E-state index contributed by atoms with van der Waals surface area (Å²) in [6.45, 7) is 7.53. The number of hydrogen-bond acceptors (Lipinski definition) is 5. The summed E-state index contributed by atoms with van der Waals surface area (Å²) in [6.07, 6.45) is 5.78. The minimum absolute atomic E-state index is 0.00986. The summed E-state index contributed by atoms with van der Waals surface area (Å²) in [6, 6.07) is 7.24. The third-order valence-electron chi connectivity index (χ3n) is 3.68. The quantitative estimate of drug-likeness (QED) is 0.281. The van der Waals surface area contributed by atoms with Crippen LogP contribution in [0.5, 0.6) is 0 Å². The minimum atomic E-state index is -0.984. The van der Waals surface area contributed by atoms with Gasteiger partial charge in [-0.1, -0.05) is 44.9 Å². The molecular formula is C19H30N2O4. The third-order valence-corrected chi connectivity index (χ3v) is 3.68. The van der Waals surface area contributed by atoms with E-state index in [0.717, 1.165) is 18.5 Å². The van der Waals surface area contributed by atoms with Crippen LogP contribution in [0.25, 0.3) is 5.57 Å². The van der Waals surface area contributed by atoms with Crippen LogP contribution in [0.15, 0.2) is 36.2 Å². The lowest BCUT2D eigenvalue weighted by Gasteiger charge is -2.12. The van der Waals surface area contributed by atoms with E-state index in [1.165, 1.54) is 19.3 Å². The molecule has 0 saturated carbocycles. The highest BCUT2D eigenvalue weighted by atomic mass is 16.7. The third kappa shape index (κ3) is 10.2. The van der Waals surface area contributed by atoms with E-state index in [1.54, 1.807) is 12.1 Å². The van der Waals surface area contributed by atoms with Gasteiger partial charge in [0.1, 0.15) is 6.10 Å². The highest BCUT2D eigenvalue weighted by Gasteiger charge is 2.06. The molecule has 0 heterocycles. The Labute approximate surface area is 150 Å². The van der Waals surface area contributed by atoms with Gasteiger partial charge in [0, 0.05) is 19.8 Å². The van der Waals surface area contributed by atoms with E-state index in [9.17, 15) is 9.70 Å². The second-order valence-electron chi connectivity index (χ2n) is 6.06. The summed E-state index contributed by atoms with van der Waals surface area (Å²) < 4.78 is 0. The van der Waals surface area contributed by atoms with Gasteiger partial charge in [-0.15, -0.1) is 4.91 Å². The van der Waals surface area contributed by atoms with Crippen molar-refractivity contribution in [2.75, 3.05) is 19.0 Å². The average molecular weight is 350 g/mol. The largest absolute Gasteiger partial charge is 0.478 e. The number of unbranched alkanes of at least 4 members (excludes halogenated alkanes) is 3. The summed E-state index contributed by atoms with van der Waals surface area (Å²) in [5.41, 5.74) is 1.80. The fraction of sp³-hybridized carbons (Fsp3) is 0.526. The van der Waals surface area contributed by atoms with Gasteiger partial charge < -0.3 is 14.8 Å². The van der Waals surface area contributed by atoms with Gasteiger partial charge in [-0.25, -0.2) is 4.79 Å². The van der Waals surface area contributed by atoms with Crippen LogP contribution < -0.4 is 4.90 Å². The van der Waals surface area contributed by atoms with E-state index in [2.05, 4.69) is 23.7 Å². The van der Waals surface area contributed by atoms with Gasteiger partial charge >= 0.3 is 5.97 Å². The molecule has 0 aromatic heterocycles. The molecule has 0 radical (unpaired) electrons. The maximum atomic E-state index is 10.6. The van der Waals surface area contributed by atoms with Crippen molar-refractivity contribution in [2.45, 2.75) is 52.1 Å². The first-order valence-corrected chi connectivity index (χ1v) is 8.51. The number of nitrogens with zero attached hydrogens (tertiary/aromatic N) is 2. The number of benzene rings is 1. The summed E-state index contributed by atoms with van der Waals surface area (Å²) >= 11 is 0. The van der Waals surface area contributed by atoms with Crippen LogP contribution >= 0.6 is 0 Å². The lowest BCUT2D eigenvalue weighted by atomic mass is 10.1. The van der Waals surface area contributed by atoms with Crippen molar-refractivity contribution in [1.29, 1.82) is 0 Å². The summed E-state index contributed by atoms with van der Waals surface area (Å²) in [4.78, 5) is 26.7. The van der Waals surface area contributed by atoms with Gasteiger partial charge in [-0.2, -0.15) is 0 Å². The van der Waals surface area contributed by atoms with Gasteiger partial charge in [0.25, 0.3) is 0 Å². The Morgan fingerprint density at radius 2 is 1.84 bits per heavy atom. The van der Waals surface area contributed by atoms with Crippen LogP contribution in [0.2, 0.25) is 0 Å². The number of hydrogen-bond donors (Lipinski definition) is 1. The van der Waals surface area contributed by atoms with Crippen LogP contribution in [-0.4, -0.2) is 31.3 Å². The topological polar surface area (TPSA) is 79.2 Å². The van der Waals surface area contributed by atoms with Crippen LogP contribution in [0.4, 0.5) is 5.69 Å². The number of anilines is 1. The number of carboxylic acids is 1. The van der Waals surface area contributed by atoms with Crippen molar-refractivity contribution >= 4 is 17.2 Å². The Bertz CT molecular complexity index is 527. The molecule has 0 spiro atoms. The predicted molar refractivity (Wildman–Crippen MR) is 103 cm³/mol. The summed E-state index contributed by atoms with van der Waals surface area (Å²) in [7, 11) is 3.86. The van der Waals surface area contributed by atoms with Gasteiger partial charge in [0.15, 0.2) is 5.34 Å². The molecule has 0 aliphatic rings. The number of carboxylic acid groups (broad SMARTS) is 1. The zero-order valence-corrected chi connectivity index (χ0v) is 15.7. The normalized spacial score (nSPS) is 10.9. The minimum Gasteiger partial charge on any atom is -0.478 e. The van der Waals surface area contributed by atoms with E-state index >= 15 is 0 Å². The van der Waals surface area contributed by atoms with E-state index in [1.807, 2.05) is 38.1 Å². The van der Waals surface area contributed by atoms with E-state index in [4.69, 9.17) is 5.11 Å². The molecular weight excluding hydrogens is 320 g/mol. The molecule has 140 valence electrons. The van der Waals surface area contributed by atoms with Crippen LogP contribution in [-0.2, 0) is 9.63 Å². The van der Waals surface area contributed by atoms with Crippen LogP contribution in [0.3, 0.4) is 0 Å². The standard InChI is InChI=1S/C11H13NO2.C8H17NO2/c1-8(11(13)14)9-4-6-10(7-5-9)12(2)3;1-3-4-5-6-7-8(2)11-9-10/h4-7H,1H2,2-3H3,(H,13,14);8H,3-7H2,1-2H3. The molecule has 1 aromatic carbocycles. The first kappa shape index (κ1) is 22.6. The Morgan fingerprint density at radius 3 is 2.28 bits per heavy atom. The Morgan fingerprint density at radius 1 is 1.24 bits per heavy atom. The Kier molecular flexibility index (Phi) is 11.8. The molecule has 1 rings (SSSR count). The molecule has 1 unspecified atom stereocenters. The fourth-order valence-electron chi connectivity index (χ4n) is 2.07. The van der Waals surface area contributed by atoms with Crippen molar-refractivity contribution in [1.82, 2.24) is 0 Å². The van der Waals surface area contributed by atoms with Gasteiger partial charge in [0.05, 0.1) is 5.57 Å². The van der Waals surface area contributed by atoms with Crippen molar-refractivity contribution in [3.63, 3.8) is 0 Å². The molecule has 1 atom stereocenters. The molecule has 1 N–H and O–H groups in total. The SMILES string of the molecule is C=C(C(=O)O)c1ccc(N(C)C)cc1.CCCCCCC(C)ON=O. The van der Waals surface area contributed by atoms with Gasteiger partial charge in [-0.3, -0.25) is 0 Å². The van der Waals surface area contributed by atoms with Crippen molar-refractivity contribution < 1.29 is 14.7 Å². The first-order valence-electron chi connectivity index (χ1n) is 8.51. The van der Waals surface area contributed by atoms with E-state index in [0.29, 0.717) is 5.56 Å². The van der Waals surface area contributed by atoms with Crippen LogP contribution in [0.1, 0.15) is 51.5 Å². The van der Waals surface area contributed by atoms with Crippen molar-refractivity contribution in [3.8, 4) is 0 Å². The molecule has 0 bridgehead atoms. The summed E-state index contributed by atoms with van der Waals surface area (Å²) in [5, 5.41) is 11.1. The molecule has 0 fully saturated rings. The lowest BCUT2D eigenvalue weighted by molar-refractivity contribution is -0.130. The molecule has 0 amide bonds. The smallest absolute Gasteiger partial charge is 0.335 e. The monoisotopic (exact) mass is 350 g/mol. The second kappa shape index (κ2) is 13.0. The molecule has 0 aliphatic carbocycles. The first-order chi connectivity index (χ1) is 11.8. The molecule has 6 heteroatoms. The second-order valence-corrected chi connectivity index (χ2v) is 6.06. The van der Waals surface area contributed by atoms with Gasteiger partial charge in [0.2, 0.25) is 0 Å². The maximum absolute atomic E-state index is 10.6. The Hall–Kier alpha value is -2.37. The van der Waals surface area contributed by atoms with Crippen molar-refractivity contribution in [2.24, 2.45) is 5.34 Å². The molecule has 0 saturated heterocycles. The zero-order valence-electron chi connectivity index (χ0n) is 15.7.